The van der Waals surface area contributed by atoms with E-state index >= 15 is 0 Å². The number of nitrogens with zero attached hydrogens (tertiary/aromatic N) is 1. The van der Waals surface area contributed by atoms with Crippen LogP contribution in [-0.4, -0.2) is 29.8 Å². The number of nitrogens with one attached hydrogen (secondary N) is 1. The summed E-state index contributed by atoms with van der Waals surface area (Å²) >= 11 is 6.05. The summed E-state index contributed by atoms with van der Waals surface area (Å²) < 4.78 is 5.23. The van der Waals surface area contributed by atoms with E-state index in [1.54, 1.807) is 17.0 Å². The Bertz CT molecular complexity index is 987. The van der Waals surface area contributed by atoms with E-state index in [2.05, 4.69) is 5.32 Å². The number of halogens is 1. The maximum atomic E-state index is 13.2. The van der Waals surface area contributed by atoms with E-state index in [1.165, 1.54) is 6.26 Å². The second-order valence-corrected chi connectivity index (χ2v) is 7.91. The third-order valence-electron chi connectivity index (χ3n) is 5.43. The van der Waals surface area contributed by atoms with E-state index in [9.17, 15) is 9.59 Å². The standard InChI is InChI=1S/C24H23ClN2O3/c25-20-12-10-18(11-13-20)22(17-6-2-1-3-7-17)26-23(28)19-8-4-14-27(16-19)24(29)21-9-5-15-30-21/h1-3,5-7,9-13,15,19,22H,4,8,14,16H2,(H,26,28)/t19-,22+/m0/s1. The molecule has 2 aromatic carbocycles. The molecule has 0 saturated carbocycles. The Balaban J connectivity index is 1.50. The SMILES string of the molecule is O=C(N[C@H](c1ccccc1)c1ccc(Cl)cc1)[C@H]1CCCN(C(=O)c2ccco2)C1. The molecule has 2 amide bonds. The Morgan fingerprint density at radius 3 is 2.43 bits per heavy atom. The minimum atomic E-state index is -0.285. The Morgan fingerprint density at radius 1 is 1.00 bits per heavy atom. The van der Waals surface area contributed by atoms with Gasteiger partial charge in [0.05, 0.1) is 18.2 Å². The summed E-state index contributed by atoms with van der Waals surface area (Å²) in [4.78, 5) is 27.5. The second kappa shape index (κ2) is 9.18. The lowest BCUT2D eigenvalue weighted by Gasteiger charge is -2.32. The van der Waals surface area contributed by atoms with Crippen molar-refractivity contribution in [1.82, 2.24) is 10.2 Å². The molecule has 0 spiro atoms. The van der Waals surface area contributed by atoms with Crippen LogP contribution in [0.1, 0.15) is 40.6 Å². The Morgan fingerprint density at radius 2 is 1.73 bits per heavy atom. The first kappa shape index (κ1) is 20.2. The maximum Gasteiger partial charge on any atom is 0.289 e. The van der Waals surface area contributed by atoms with Crippen molar-refractivity contribution in [2.75, 3.05) is 13.1 Å². The highest BCUT2D eigenvalue weighted by molar-refractivity contribution is 6.30. The molecule has 1 saturated heterocycles. The smallest absolute Gasteiger partial charge is 0.289 e. The molecule has 3 aromatic rings. The van der Waals surface area contributed by atoms with E-state index < -0.39 is 0 Å². The molecule has 0 unspecified atom stereocenters. The Kier molecular flexibility index (Phi) is 6.19. The summed E-state index contributed by atoms with van der Waals surface area (Å²) in [6, 6.07) is 20.4. The third kappa shape index (κ3) is 4.57. The van der Waals surface area contributed by atoms with E-state index in [0.717, 1.165) is 24.0 Å². The summed E-state index contributed by atoms with van der Waals surface area (Å²) in [6.07, 6.45) is 3.01. The molecule has 1 fully saturated rings. The number of carbonyl (C=O) groups excluding carboxylic acids is 2. The van der Waals surface area contributed by atoms with Crippen LogP contribution in [0.3, 0.4) is 0 Å². The quantitative estimate of drug-likeness (QED) is 0.648. The minimum absolute atomic E-state index is 0.0595. The molecule has 1 aliphatic heterocycles. The van der Waals surface area contributed by atoms with E-state index in [0.29, 0.717) is 23.9 Å². The molecular weight excluding hydrogens is 400 g/mol. The van der Waals surface area contributed by atoms with E-state index in [-0.39, 0.29) is 23.8 Å². The minimum Gasteiger partial charge on any atom is -0.459 e. The molecule has 30 heavy (non-hydrogen) atoms. The molecule has 154 valence electrons. The summed E-state index contributed by atoms with van der Waals surface area (Å²) in [5, 5.41) is 3.84. The van der Waals surface area contributed by atoms with Crippen molar-refractivity contribution in [3.63, 3.8) is 0 Å². The van der Waals surface area contributed by atoms with Crippen LogP contribution in [-0.2, 0) is 4.79 Å². The Hall–Kier alpha value is -3.05. The summed E-state index contributed by atoms with van der Waals surface area (Å²) in [6.45, 7) is 1.01. The van der Waals surface area contributed by atoms with Gasteiger partial charge in [-0.25, -0.2) is 0 Å². The van der Waals surface area contributed by atoms with Gasteiger partial charge in [-0.2, -0.15) is 0 Å². The van der Waals surface area contributed by atoms with Gasteiger partial charge in [0.2, 0.25) is 5.91 Å². The highest BCUT2D eigenvalue weighted by Crippen LogP contribution is 2.26. The third-order valence-corrected chi connectivity index (χ3v) is 5.69. The first-order valence-corrected chi connectivity index (χ1v) is 10.4. The van der Waals surface area contributed by atoms with Crippen LogP contribution in [0.4, 0.5) is 0 Å². The zero-order valence-electron chi connectivity index (χ0n) is 16.5. The summed E-state index contributed by atoms with van der Waals surface area (Å²) in [5.41, 5.74) is 1.95. The predicted octanol–water partition coefficient (Wildman–Crippen LogP) is 4.69. The monoisotopic (exact) mass is 422 g/mol. The van der Waals surface area contributed by atoms with Gasteiger partial charge in [0.25, 0.3) is 5.91 Å². The molecule has 0 bridgehead atoms. The van der Waals surface area contributed by atoms with Crippen molar-refractivity contribution in [1.29, 1.82) is 0 Å². The lowest BCUT2D eigenvalue weighted by molar-refractivity contribution is -0.126. The molecule has 0 aliphatic carbocycles. The number of hydrogen-bond donors (Lipinski definition) is 1. The van der Waals surface area contributed by atoms with Gasteiger partial charge < -0.3 is 14.6 Å². The first-order chi connectivity index (χ1) is 14.6. The molecule has 1 aliphatic rings. The van der Waals surface area contributed by atoms with Crippen molar-refractivity contribution >= 4 is 23.4 Å². The normalized spacial score (nSPS) is 17.4. The number of carbonyl (C=O) groups is 2. The van der Waals surface area contributed by atoms with E-state index in [1.807, 2.05) is 54.6 Å². The molecule has 2 atom stereocenters. The Labute approximate surface area is 180 Å². The summed E-state index contributed by atoms with van der Waals surface area (Å²) in [7, 11) is 0. The van der Waals surface area contributed by atoms with Crippen molar-refractivity contribution in [2.24, 2.45) is 5.92 Å². The van der Waals surface area contributed by atoms with Crippen LogP contribution in [0.2, 0.25) is 5.02 Å². The number of rotatable bonds is 5. The van der Waals surface area contributed by atoms with Gasteiger partial charge in [-0.15, -0.1) is 0 Å². The summed E-state index contributed by atoms with van der Waals surface area (Å²) in [5.74, 6) is -0.193. The molecule has 1 N–H and O–H groups in total. The van der Waals surface area contributed by atoms with Crippen molar-refractivity contribution in [3.8, 4) is 0 Å². The highest BCUT2D eigenvalue weighted by atomic mass is 35.5. The van der Waals surface area contributed by atoms with E-state index in [4.69, 9.17) is 16.0 Å². The van der Waals surface area contributed by atoms with Crippen LogP contribution in [0, 0.1) is 5.92 Å². The fourth-order valence-corrected chi connectivity index (χ4v) is 3.98. The number of furan rings is 1. The van der Waals surface area contributed by atoms with Crippen LogP contribution in [0.15, 0.2) is 77.4 Å². The molecule has 5 nitrogen and oxygen atoms in total. The highest BCUT2D eigenvalue weighted by Gasteiger charge is 2.31. The lowest BCUT2D eigenvalue weighted by atomic mass is 9.94. The number of likely N-dealkylation sites (tertiary alicyclic amines) is 1. The number of amides is 2. The fourth-order valence-electron chi connectivity index (χ4n) is 3.85. The average Bonchev–Trinajstić information content (AvgIpc) is 3.33. The van der Waals surface area contributed by atoms with Crippen LogP contribution in [0.5, 0.6) is 0 Å². The molecule has 0 radical (unpaired) electrons. The largest absolute Gasteiger partial charge is 0.459 e. The topological polar surface area (TPSA) is 62.6 Å². The van der Waals surface area contributed by atoms with Gasteiger partial charge >= 0.3 is 0 Å². The van der Waals surface area contributed by atoms with Crippen LogP contribution < -0.4 is 5.32 Å². The molecule has 4 rings (SSSR count). The average molecular weight is 423 g/mol. The van der Waals surface area contributed by atoms with Crippen LogP contribution >= 0.6 is 11.6 Å². The van der Waals surface area contributed by atoms with Gasteiger partial charge in [0.15, 0.2) is 5.76 Å². The maximum absolute atomic E-state index is 13.2. The molecular formula is C24H23ClN2O3. The number of benzene rings is 2. The molecule has 6 heteroatoms. The van der Waals surface area contributed by atoms with Crippen LogP contribution in [0.25, 0.3) is 0 Å². The van der Waals surface area contributed by atoms with Gasteiger partial charge in [-0.3, -0.25) is 9.59 Å². The lowest BCUT2D eigenvalue weighted by Crippen LogP contribution is -2.46. The van der Waals surface area contributed by atoms with Gasteiger partial charge in [-0.05, 0) is 48.2 Å². The number of hydrogen-bond acceptors (Lipinski definition) is 3. The fraction of sp³-hybridized carbons (Fsp3) is 0.250. The van der Waals surface area contributed by atoms with Gasteiger partial charge in [0, 0.05) is 18.1 Å². The zero-order valence-corrected chi connectivity index (χ0v) is 17.2. The van der Waals surface area contributed by atoms with Crippen molar-refractivity contribution in [3.05, 3.63) is 94.9 Å². The second-order valence-electron chi connectivity index (χ2n) is 7.47. The predicted molar refractivity (Wildman–Crippen MR) is 115 cm³/mol. The number of piperidine rings is 1. The van der Waals surface area contributed by atoms with Crippen molar-refractivity contribution < 1.29 is 14.0 Å². The van der Waals surface area contributed by atoms with Gasteiger partial charge in [-0.1, -0.05) is 54.1 Å². The zero-order chi connectivity index (χ0) is 20.9. The molecule has 1 aromatic heterocycles. The van der Waals surface area contributed by atoms with Gasteiger partial charge in [0.1, 0.15) is 0 Å². The van der Waals surface area contributed by atoms with Crippen molar-refractivity contribution in [2.45, 2.75) is 18.9 Å². The molecule has 2 heterocycles. The first-order valence-electron chi connectivity index (χ1n) is 10.1.